The van der Waals surface area contributed by atoms with Gasteiger partial charge in [-0.05, 0) is 37.8 Å². The number of carboxylic acids is 1. The van der Waals surface area contributed by atoms with Crippen LogP contribution in [0.3, 0.4) is 0 Å². The first-order valence-corrected chi connectivity index (χ1v) is 7.12. The summed E-state index contributed by atoms with van der Waals surface area (Å²) in [6.45, 7) is 4.36. The van der Waals surface area contributed by atoms with Crippen molar-refractivity contribution < 1.29 is 9.90 Å². The topological polar surface area (TPSA) is 40.5 Å². The summed E-state index contributed by atoms with van der Waals surface area (Å²) in [5, 5.41) is 9.17. The fraction of sp³-hybridized carbons (Fsp3) is 0.562. The van der Waals surface area contributed by atoms with Crippen LogP contribution in [0.25, 0.3) is 0 Å². The minimum Gasteiger partial charge on any atom is -0.480 e. The molecule has 104 valence electrons. The molecule has 0 radical (unpaired) electrons. The average molecular weight is 261 g/mol. The van der Waals surface area contributed by atoms with E-state index < -0.39 is 5.97 Å². The molecule has 1 aliphatic carbocycles. The maximum Gasteiger partial charge on any atom is 0.317 e. The maximum atomic E-state index is 11.1. The number of hydrogen-bond acceptors (Lipinski definition) is 2. The molecule has 19 heavy (non-hydrogen) atoms. The quantitative estimate of drug-likeness (QED) is 0.883. The van der Waals surface area contributed by atoms with Crippen molar-refractivity contribution in [1.82, 2.24) is 4.90 Å². The van der Waals surface area contributed by atoms with Crippen LogP contribution >= 0.6 is 0 Å². The molecule has 1 aromatic carbocycles. The third kappa shape index (κ3) is 3.35. The second-order valence-electron chi connectivity index (χ2n) is 5.54. The molecule has 0 aliphatic heterocycles. The maximum absolute atomic E-state index is 11.1. The summed E-state index contributed by atoms with van der Waals surface area (Å²) in [6, 6.07) is 8.87. The molecule has 3 nitrogen and oxygen atoms in total. The molecule has 0 amide bonds. The molecule has 1 atom stereocenters. The van der Waals surface area contributed by atoms with Gasteiger partial charge < -0.3 is 5.11 Å². The Bertz CT molecular complexity index is 438. The lowest BCUT2D eigenvalue weighted by atomic mass is 9.99. The van der Waals surface area contributed by atoms with Crippen molar-refractivity contribution in [2.75, 3.05) is 6.54 Å². The van der Waals surface area contributed by atoms with Crippen molar-refractivity contribution in [1.29, 1.82) is 0 Å². The zero-order valence-corrected chi connectivity index (χ0v) is 11.8. The molecule has 1 unspecified atom stereocenters. The standard InChI is InChI=1S/C16H23NO2/c1-12-7-3-6-10-15(12)13(2)17(11-16(18)19)14-8-4-5-9-14/h3,6-7,10,13-14H,4-5,8-9,11H2,1-2H3,(H,18,19). The number of carboxylic acid groups (broad SMARTS) is 1. The van der Waals surface area contributed by atoms with Crippen LogP contribution in [0.2, 0.25) is 0 Å². The lowest BCUT2D eigenvalue weighted by Gasteiger charge is -2.34. The summed E-state index contributed by atoms with van der Waals surface area (Å²) in [7, 11) is 0. The van der Waals surface area contributed by atoms with E-state index in [0.29, 0.717) is 6.04 Å². The van der Waals surface area contributed by atoms with Crippen LogP contribution in [0, 0.1) is 6.92 Å². The molecule has 1 saturated carbocycles. The molecule has 3 heteroatoms. The summed E-state index contributed by atoms with van der Waals surface area (Å²) in [6.07, 6.45) is 4.70. The molecular formula is C16H23NO2. The predicted octanol–water partition coefficient (Wildman–Crippen LogP) is 3.39. The van der Waals surface area contributed by atoms with Crippen molar-refractivity contribution >= 4 is 5.97 Å². The van der Waals surface area contributed by atoms with Crippen LogP contribution in [0.1, 0.15) is 49.8 Å². The van der Waals surface area contributed by atoms with Crippen LogP contribution < -0.4 is 0 Å². The Labute approximate surface area is 115 Å². The SMILES string of the molecule is Cc1ccccc1C(C)N(CC(=O)O)C1CCCC1. The normalized spacial score (nSPS) is 17.8. The molecule has 0 spiro atoms. The molecule has 0 saturated heterocycles. The monoisotopic (exact) mass is 261 g/mol. The van der Waals surface area contributed by atoms with Gasteiger partial charge in [-0.2, -0.15) is 0 Å². The van der Waals surface area contributed by atoms with Crippen LogP contribution in [0.4, 0.5) is 0 Å². The van der Waals surface area contributed by atoms with E-state index in [1.165, 1.54) is 24.0 Å². The second-order valence-corrected chi connectivity index (χ2v) is 5.54. The van der Waals surface area contributed by atoms with E-state index in [1.807, 2.05) is 12.1 Å². The highest BCUT2D eigenvalue weighted by molar-refractivity contribution is 5.69. The first-order chi connectivity index (χ1) is 9.09. The minimum atomic E-state index is -0.729. The fourth-order valence-corrected chi connectivity index (χ4v) is 3.21. The van der Waals surface area contributed by atoms with Crippen LogP contribution in [0.15, 0.2) is 24.3 Å². The first-order valence-electron chi connectivity index (χ1n) is 7.12. The second kappa shape index (κ2) is 6.20. The van der Waals surface area contributed by atoms with Crippen LogP contribution in [-0.2, 0) is 4.79 Å². The van der Waals surface area contributed by atoms with E-state index in [9.17, 15) is 4.79 Å². The third-order valence-electron chi connectivity index (χ3n) is 4.25. The summed E-state index contributed by atoms with van der Waals surface area (Å²) in [5.74, 6) is -0.729. The summed E-state index contributed by atoms with van der Waals surface area (Å²) in [5.41, 5.74) is 2.49. The Morgan fingerprint density at radius 2 is 2.00 bits per heavy atom. The summed E-state index contributed by atoms with van der Waals surface area (Å²) < 4.78 is 0. The fourth-order valence-electron chi connectivity index (χ4n) is 3.21. The van der Waals surface area contributed by atoms with Crippen LogP contribution in [-0.4, -0.2) is 28.6 Å². The van der Waals surface area contributed by atoms with Gasteiger partial charge in [-0.25, -0.2) is 0 Å². The largest absolute Gasteiger partial charge is 0.480 e. The highest BCUT2D eigenvalue weighted by Crippen LogP contribution is 2.31. The first kappa shape index (κ1) is 14.1. The van der Waals surface area contributed by atoms with Crippen LogP contribution in [0.5, 0.6) is 0 Å². The van der Waals surface area contributed by atoms with Crippen molar-refractivity contribution in [3.05, 3.63) is 35.4 Å². The van der Waals surface area contributed by atoms with Gasteiger partial charge in [0.15, 0.2) is 0 Å². The molecule has 0 heterocycles. The van der Waals surface area contributed by atoms with Gasteiger partial charge in [0.2, 0.25) is 0 Å². The van der Waals surface area contributed by atoms with Gasteiger partial charge in [0.05, 0.1) is 6.54 Å². The highest BCUT2D eigenvalue weighted by Gasteiger charge is 2.29. The Hall–Kier alpha value is -1.35. The van der Waals surface area contributed by atoms with Gasteiger partial charge in [0, 0.05) is 12.1 Å². The number of nitrogens with zero attached hydrogens (tertiary/aromatic N) is 1. The molecule has 0 bridgehead atoms. The zero-order chi connectivity index (χ0) is 13.8. The van der Waals surface area contributed by atoms with Crippen molar-refractivity contribution in [3.8, 4) is 0 Å². The smallest absolute Gasteiger partial charge is 0.317 e. The van der Waals surface area contributed by atoms with Gasteiger partial charge >= 0.3 is 5.97 Å². The number of aryl methyl sites for hydroxylation is 1. The number of carbonyl (C=O) groups is 1. The van der Waals surface area contributed by atoms with E-state index in [-0.39, 0.29) is 12.6 Å². The van der Waals surface area contributed by atoms with Gasteiger partial charge in [0.25, 0.3) is 0 Å². The molecule has 0 aromatic heterocycles. The van der Waals surface area contributed by atoms with Gasteiger partial charge in [-0.15, -0.1) is 0 Å². The molecule has 1 aliphatic rings. The zero-order valence-electron chi connectivity index (χ0n) is 11.8. The Kier molecular flexibility index (Phi) is 4.59. The van der Waals surface area contributed by atoms with Gasteiger partial charge in [-0.3, -0.25) is 9.69 Å². The van der Waals surface area contributed by atoms with Gasteiger partial charge in [0.1, 0.15) is 0 Å². The number of rotatable bonds is 5. The average Bonchev–Trinajstić information content (AvgIpc) is 2.89. The van der Waals surface area contributed by atoms with Crippen molar-refractivity contribution in [3.63, 3.8) is 0 Å². The lowest BCUT2D eigenvalue weighted by molar-refractivity contribution is -0.139. The third-order valence-corrected chi connectivity index (χ3v) is 4.25. The Morgan fingerprint density at radius 3 is 2.58 bits per heavy atom. The Morgan fingerprint density at radius 1 is 1.37 bits per heavy atom. The van der Waals surface area contributed by atoms with E-state index in [2.05, 4.69) is 30.9 Å². The number of hydrogen-bond donors (Lipinski definition) is 1. The molecule has 1 N–H and O–H groups in total. The number of aliphatic carboxylic acids is 1. The van der Waals surface area contributed by atoms with E-state index in [0.717, 1.165) is 12.8 Å². The Balaban J connectivity index is 2.21. The van der Waals surface area contributed by atoms with E-state index >= 15 is 0 Å². The van der Waals surface area contributed by atoms with Crippen molar-refractivity contribution in [2.24, 2.45) is 0 Å². The molecular weight excluding hydrogens is 238 g/mol. The summed E-state index contributed by atoms with van der Waals surface area (Å²) >= 11 is 0. The van der Waals surface area contributed by atoms with Crippen molar-refractivity contribution in [2.45, 2.75) is 51.6 Å². The van der Waals surface area contributed by atoms with E-state index in [4.69, 9.17) is 5.11 Å². The minimum absolute atomic E-state index is 0.139. The highest BCUT2D eigenvalue weighted by atomic mass is 16.4. The predicted molar refractivity (Wildman–Crippen MR) is 76.2 cm³/mol. The van der Waals surface area contributed by atoms with Gasteiger partial charge in [-0.1, -0.05) is 37.1 Å². The molecule has 2 rings (SSSR count). The molecule has 1 fully saturated rings. The number of benzene rings is 1. The van der Waals surface area contributed by atoms with E-state index in [1.54, 1.807) is 0 Å². The lowest BCUT2D eigenvalue weighted by Crippen LogP contribution is -2.39. The summed E-state index contributed by atoms with van der Waals surface area (Å²) in [4.78, 5) is 13.3. The molecule has 1 aromatic rings.